The smallest absolute Gasteiger partial charge is 0.00106 e. The maximum absolute atomic E-state index is 3.72. The van der Waals surface area contributed by atoms with Crippen LogP contribution in [0.4, 0.5) is 0 Å². The van der Waals surface area contributed by atoms with Crippen molar-refractivity contribution in [2.75, 3.05) is 6.54 Å². The predicted octanol–water partition coefficient (Wildman–Crippen LogP) is 6.08. The Morgan fingerprint density at radius 2 is 1.45 bits per heavy atom. The van der Waals surface area contributed by atoms with Gasteiger partial charge in [-0.1, -0.05) is 85.0 Å². The molecule has 1 N–H and O–H groups in total. The molecule has 0 aromatic rings. The Morgan fingerprint density at radius 1 is 0.850 bits per heavy atom. The molecule has 0 amide bonds. The third-order valence-electron chi connectivity index (χ3n) is 5.11. The normalized spacial score (nSPS) is 18.6. The molecule has 0 aromatic carbocycles. The van der Waals surface area contributed by atoms with Gasteiger partial charge in [0.15, 0.2) is 0 Å². The lowest BCUT2D eigenvalue weighted by atomic mass is 9.70. The molecule has 0 atom stereocenters. The van der Waals surface area contributed by atoms with E-state index in [2.05, 4.69) is 26.1 Å². The van der Waals surface area contributed by atoms with Crippen molar-refractivity contribution < 1.29 is 0 Å². The van der Waals surface area contributed by atoms with E-state index in [1.807, 2.05) is 0 Å². The van der Waals surface area contributed by atoms with Crippen LogP contribution in [0.3, 0.4) is 0 Å². The van der Waals surface area contributed by atoms with Gasteiger partial charge >= 0.3 is 0 Å². The van der Waals surface area contributed by atoms with E-state index in [-0.39, 0.29) is 0 Å². The van der Waals surface area contributed by atoms with E-state index in [1.54, 1.807) is 0 Å². The molecular weight excluding hydrogens is 242 g/mol. The van der Waals surface area contributed by atoms with Crippen LogP contribution in [0.2, 0.25) is 0 Å². The summed E-state index contributed by atoms with van der Waals surface area (Å²) in [4.78, 5) is 0. The SMILES string of the molecule is CCCCCCCCCC1(CNC(C)C)CCCCC1. The summed E-state index contributed by atoms with van der Waals surface area (Å²) in [5.74, 6) is 0. The highest BCUT2D eigenvalue weighted by Crippen LogP contribution is 2.40. The van der Waals surface area contributed by atoms with Crippen molar-refractivity contribution in [1.82, 2.24) is 5.32 Å². The lowest BCUT2D eigenvalue weighted by Crippen LogP contribution is -2.39. The standard InChI is InChI=1S/C19H39N/c1-4-5-6-7-8-9-11-14-19(17-20-18(2)3)15-12-10-13-16-19/h18,20H,4-17H2,1-3H3. The number of hydrogen-bond acceptors (Lipinski definition) is 1. The third kappa shape index (κ3) is 7.67. The summed E-state index contributed by atoms with van der Waals surface area (Å²) in [5, 5.41) is 3.72. The van der Waals surface area contributed by atoms with Gasteiger partial charge in [0, 0.05) is 12.6 Å². The van der Waals surface area contributed by atoms with E-state index in [9.17, 15) is 0 Å². The molecule has 20 heavy (non-hydrogen) atoms. The highest BCUT2D eigenvalue weighted by Gasteiger charge is 2.31. The van der Waals surface area contributed by atoms with Crippen LogP contribution in [-0.2, 0) is 0 Å². The Balaban J connectivity index is 2.19. The van der Waals surface area contributed by atoms with Crippen molar-refractivity contribution in [2.45, 2.75) is 110 Å². The third-order valence-corrected chi connectivity index (χ3v) is 5.11. The van der Waals surface area contributed by atoms with Crippen LogP contribution in [0, 0.1) is 5.41 Å². The fraction of sp³-hybridized carbons (Fsp3) is 1.00. The topological polar surface area (TPSA) is 12.0 Å². The summed E-state index contributed by atoms with van der Waals surface area (Å²) in [5.41, 5.74) is 0.645. The molecule has 0 spiro atoms. The molecule has 0 aliphatic heterocycles. The Labute approximate surface area is 128 Å². The minimum atomic E-state index is 0.642. The van der Waals surface area contributed by atoms with Crippen LogP contribution in [0.15, 0.2) is 0 Å². The monoisotopic (exact) mass is 281 g/mol. The zero-order chi connectivity index (χ0) is 14.7. The van der Waals surface area contributed by atoms with Gasteiger partial charge in [0.1, 0.15) is 0 Å². The zero-order valence-electron chi connectivity index (χ0n) is 14.5. The van der Waals surface area contributed by atoms with Crippen molar-refractivity contribution in [3.05, 3.63) is 0 Å². The molecule has 1 fully saturated rings. The summed E-state index contributed by atoms with van der Waals surface area (Å²) in [6.45, 7) is 8.13. The first-order valence-corrected chi connectivity index (χ1v) is 9.42. The second kappa shape index (κ2) is 10.7. The highest BCUT2D eigenvalue weighted by atomic mass is 14.9. The average molecular weight is 282 g/mol. The molecule has 0 unspecified atom stereocenters. The zero-order valence-corrected chi connectivity index (χ0v) is 14.5. The number of rotatable bonds is 11. The molecule has 0 aromatic heterocycles. The molecule has 1 rings (SSSR count). The van der Waals surface area contributed by atoms with E-state index in [0.717, 1.165) is 0 Å². The van der Waals surface area contributed by atoms with E-state index >= 15 is 0 Å². The number of nitrogens with one attached hydrogen (secondary N) is 1. The fourth-order valence-corrected chi connectivity index (χ4v) is 3.69. The van der Waals surface area contributed by atoms with Crippen LogP contribution in [0.1, 0.15) is 104 Å². The molecular formula is C19H39N. The molecule has 0 saturated heterocycles. The lowest BCUT2D eigenvalue weighted by molar-refractivity contribution is 0.157. The summed E-state index contributed by atoms with van der Waals surface area (Å²) in [6, 6.07) is 0.642. The first kappa shape index (κ1) is 18.0. The van der Waals surface area contributed by atoms with Crippen LogP contribution in [0.25, 0.3) is 0 Å². The predicted molar refractivity (Wildman–Crippen MR) is 91.3 cm³/mol. The van der Waals surface area contributed by atoms with Gasteiger partial charge in [0.2, 0.25) is 0 Å². The van der Waals surface area contributed by atoms with E-state index in [1.165, 1.54) is 90.0 Å². The molecule has 1 heteroatoms. The maximum Gasteiger partial charge on any atom is 0.00106 e. The summed E-state index contributed by atoms with van der Waals surface area (Å²) < 4.78 is 0. The number of unbranched alkanes of at least 4 members (excludes halogenated alkanes) is 6. The maximum atomic E-state index is 3.72. The quantitative estimate of drug-likeness (QED) is 0.453. The lowest BCUT2D eigenvalue weighted by Gasteiger charge is -2.38. The molecule has 1 saturated carbocycles. The average Bonchev–Trinajstić information content (AvgIpc) is 2.45. The van der Waals surface area contributed by atoms with Gasteiger partial charge in [-0.05, 0) is 24.7 Å². The van der Waals surface area contributed by atoms with Crippen molar-refractivity contribution >= 4 is 0 Å². The second-order valence-electron chi connectivity index (χ2n) is 7.47. The Bertz CT molecular complexity index is 216. The molecule has 120 valence electrons. The van der Waals surface area contributed by atoms with Gasteiger partial charge in [0.25, 0.3) is 0 Å². The van der Waals surface area contributed by atoms with Crippen LogP contribution in [-0.4, -0.2) is 12.6 Å². The first-order chi connectivity index (χ1) is 9.68. The summed E-state index contributed by atoms with van der Waals surface area (Å²) in [6.07, 6.45) is 18.9. The molecule has 1 aliphatic rings. The Morgan fingerprint density at radius 3 is 2.05 bits per heavy atom. The van der Waals surface area contributed by atoms with E-state index in [4.69, 9.17) is 0 Å². The number of hydrogen-bond donors (Lipinski definition) is 1. The largest absolute Gasteiger partial charge is 0.314 e. The van der Waals surface area contributed by atoms with E-state index in [0.29, 0.717) is 11.5 Å². The van der Waals surface area contributed by atoms with Gasteiger partial charge in [-0.2, -0.15) is 0 Å². The first-order valence-electron chi connectivity index (χ1n) is 9.42. The van der Waals surface area contributed by atoms with Gasteiger partial charge in [-0.25, -0.2) is 0 Å². The Hall–Kier alpha value is -0.0400. The molecule has 1 nitrogen and oxygen atoms in total. The minimum absolute atomic E-state index is 0.642. The Kier molecular flexibility index (Phi) is 9.59. The van der Waals surface area contributed by atoms with Crippen molar-refractivity contribution in [3.63, 3.8) is 0 Å². The van der Waals surface area contributed by atoms with Gasteiger partial charge in [-0.15, -0.1) is 0 Å². The van der Waals surface area contributed by atoms with Crippen molar-refractivity contribution in [3.8, 4) is 0 Å². The molecule has 0 heterocycles. The molecule has 0 bridgehead atoms. The highest BCUT2D eigenvalue weighted by molar-refractivity contribution is 4.85. The fourth-order valence-electron chi connectivity index (χ4n) is 3.69. The van der Waals surface area contributed by atoms with Gasteiger partial charge < -0.3 is 5.32 Å². The van der Waals surface area contributed by atoms with Gasteiger partial charge in [-0.3, -0.25) is 0 Å². The molecule has 0 radical (unpaired) electrons. The summed E-state index contributed by atoms with van der Waals surface area (Å²) >= 11 is 0. The summed E-state index contributed by atoms with van der Waals surface area (Å²) in [7, 11) is 0. The van der Waals surface area contributed by atoms with Gasteiger partial charge in [0.05, 0.1) is 0 Å². The van der Waals surface area contributed by atoms with Crippen molar-refractivity contribution in [2.24, 2.45) is 5.41 Å². The van der Waals surface area contributed by atoms with Crippen molar-refractivity contribution in [1.29, 1.82) is 0 Å². The van der Waals surface area contributed by atoms with Crippen LogP contribution < -0.4 is 5.32 Å². The van der Waals surface area contributed by atoms with Crippen LogP contribution in [0.5, 0.6) is 0 Å². The van der Waals surface area contributed by atoms with E-state index < -0.39 is 0 Å². The van der Waals surface area contributed by atoms with Crippen LogP contribution >= 0.6 is 0 Å². The minimum Gasteiger partial charge on any atom is -0.314 e. The molecule has 1 aliphatic carbocycles. The second-order valence-corrected chi connectivity index (χ2v) is 7.47.